The van der Waals surface area contributed by atoms with Gasteiger partial charge in [-0.15, -0.1) is 0 Å². The van der Waals surface area contributed by atoms with Crippen molar-refractivity contribution in [3.8, 4) is 34.1 Å². The van der Waals surface area contributed by atoms with Gasteiger partial charge >= 0.3 is 23.9 Å². The highest BCUT2D eigenvalue weighted by molar-refractivity contribution is 6.04. The van der Waals surface area contributed by atoms with Crippen molar-refractivity contribution in [1.82, 2.24) is 0 Å². The fourth-order valence-electron chi connectivity index (χ4n) is 7.29. The van der Waals surface area contributed by atoms with Gasteiger partial charge in [-0.1, -0.05) is 84.9 Å². The third-order valence-electron chi connectivity index (χ3n) is 9.55. The van der Waals surface area contributed by atoms with E-state index in [1.54, 1.807) is 12.1 Å². The first-order chi connectivity index (χ1) is 25.4. The average Bonchev–Trinajstić information content (AvgIpc) is 3.44. The highest BCUT2D eigenvalue weighted by Crippen LogP contribution is 2.56. The summed E-state index contributed by atoms with van der Waals surface area (Å²) < 4.78 is 12.2. The molecule has 0 amide bonds. The smallest absolute Gasteiger partial charge is 0.340 e. The first kappa shape index (κ1) is 34.3. The largest absolute Gasteiger partial charge is 0.478 e. The number of aryl methyl sites for hydroxylation is 2. The Hall–Kier alpha value is -7.20. The van der Waals surface area contributed by atoms with Gasteiger partial charge in [-0.05, 0) is 94.8 Å². The summed E-state index contributed by atoms with van der Waals surface area (Å²) in [6.07, 6.45) is 0. The number of aromatic carboxylic acids is 4. The van der Waals surface area contributed by atoms with Crippen molar-refractivity contribution in [1.29, 1.82) is 0 Å². The van der Waals surface area contributed by atoms with Gasteiger partial charge in [0.2, 0.25) is 0 Å². The third kappa shape index (κ3) is 5.62. The Morgan fingerprint density at radius 2 is 0.849 bits per heavy atom. The molecule has 7 rings (SSSR count). The monoisotopic (exact) mass is 706 g/mol. The highest BCUT2D eigenvalue weighted by atomic mass is 16.5. The van der Waals surface area contributed by atoms with Crippen LogP contribution in [0, 0.1) is 13.8 Å². The molecule has 0 unspecified atom stereocenters. The van der Waals surface area contributed by atoms with Gasteiger partial charge < -0.3 is 29.9 Å². The molecule has 4 N–H and O–H groups in total. The summed E-state index contributed by atoms with van der Waals surface area (Å²) in [5.41, 5.74) is 4.58. The van der Waals surface area contributed by atoms with Crippen molar-refractivity contribution in [2.24, 2.45) is 0 Å². The van der Waals surface area contributed by atoms with Crippen molar-refractivity contribution in [3.63, 3.8) is 0 Å². The second-order valence-corrected chi connectivity index (χ2v) is 12.6. The van der Waals surface area contributed by atoms with Crippen molar-refractivity contribution < 1.29 is 49.1 Å². The third-order valence-corrected chi connectivity index (χ3v) is 9.55. The highest BCUT2D eigenvalue weighted by Gasteiger charge is 2.46. The Morgan fingerprint density at radius 3 is 1.21 bits per heavy atom. The minimum absolute atomic E-state index is 0.106. The Labute approximate surface area is 302 Å². The van der Waals surface area contributed by atoms with Crippen molar-refractivity contribution in [3.05, 3.63) is 177 Å². The van der Waals surface area contributed by atoms with Crippen LogP contribution >= 0.6 is 0 Å². The van der Waals surface area contributed by atoms with Crippen molar-refractivity contribution in [2.75, 3.05) is 0 Å². The summed E-state index contributed by atoms with van der Waals surface area (Å²) in [6.45, 7) is 3.66. The van der Waals surface area contributed by atoms with Crippen molar-refractivity contribution >= 4 is 23.9 Å². The summed E-state index contributed by atoms with van der Waals surface area (Å²) in [7, 11) is 0. The summed E-state index contributed by atoms with van der Waals surface area (Å²) in [4.78, 5) is 47.9. The number of ether oxygens (including phenoxy) is 2. The molecular weight excluding hydrogens is 676 g/mol. The topological polar surface area (TPSA) is 168 Å². The van der Waals surface area contributed by atoms with Crippen LogP contribution in [0.2, 0.25) is 0 Å². The molecule has 262 valence electrons. The molecule has 0 saturated heterocycles. The predicted molar refractivity (Wildman–Crippen MR) is 194 cm³/mol. The van der Waals surface area contributed by atoms with E-state index in [4.69, 9.17) is 9.47 Å². The van der Waals surface area contributed by atoms with E-state index in [9.17, 15) is 39.6 Å². The molecule has 0 aromatic heterocycles. The molecule has 0 aliphatic heterocycles. The summed E-state index contributed by atoms with van der Waals surface area (Å²) in [5.74, 6) is -5.16. The van der Waals surface area contributed by atoms with Crippen LogP contribution in [0.3, 0.4) is 0 Å². The lowest BCUT2D eigenvalue weighted by atomic mass is 9.67. The SMILES string of the molecule is Cc1cc(C2(c3ccc(Oc4cccc(C(=O)O)c4C(=O)O)c(C)c3)c3ccccc3-c3ccccc32)ccc1Oc1cccc(C(=O)O)c1C(=O)O. The average molecular weight is 707 g/mol. The van der Waals surface area contributed by atoms with Gasteiger partial charge in [0, 0.05) is 0 Å². The Kier molecular flexibility index (Phi) is 8.51. The normalized spacial score (nSPS) is 12.3. The van der Waals surface area contributed by atoms with Crippen LogP contribution in [0.4, 0.5) is 0 Å². The lowest BCUT2D eigenvalue weighted by molar-refractivity contribution is 0.0649. The van der Waals surface area contributed by atoms with Crippen LogP contribution < -0.4 is 9.47 Å². The van der Waals surface area contributed by atoms with E-state index >= 15 is 0 Å². The predicted octanol–water partition coefficient (Wildman–Crippen LogP) is 9.04. The number of hydrogen-bond donors (Lipinski definition) is 4. The first-order valence-corrected chi connectivity index (χ1v) is 16.4. The zero-order valence-electron chi connectivity index (χ0n) is 28.3. The minimum Gasteiger partial charge on any atom is -0.478 e. The standard InChI is InChI=1S/C43H30O10/c1-23-21-25(17-19-33(23)52-35-15-7-11-29(39(44)45)37(35)41(48)49)43(31-13-5-3-9-27(31)28-10-4-6-14-32(28)43)26-18-20-34(24(2)22-26)53-36-16-8-12-30(40(46)47)38(36)42(50)51/h3-22H,1-2H3,(H,44,45)(H,46,47)(H,48,49)(H,50,51). The first-order valence-electron chi connectivity index (χ1n) is 16.4. The minimum atomic E-state index is -1.43. The van der Waals surface area contributed by atoms with Gasteiger partial charge in [0.15, 0.2) is 0 Å². The zero-order chi connectivity index (χ0) is 37.6. The molecule has 0 bridgehead atoms. The molecule has 1 aliphatic carbocycles. The van der Waals surface area contributed by atoms with Crippen LogP contribution in [-0.4, -0.2) is 44.3 Å². The second kappa shape index (κ2) is 13.2. The van der Waals surface area contributed by atoms with Crippen LogP contribution in [0.5, 0.6) is 23.0 Å². The number of benzene rings is 6. The number of carbonyl (C=O) groups is 4. The van der Waals surface area contributed by atoms with E-state index in [-0.39, 0.29) is 22.6 Å². The van der Waals surface area contributed by atoms with Crippen LogP contribution in [0.1, 0.15) is 74.8 Å². The quantitative estimate of drug-likeness (QED) is 0.108. The maximum atomic E-state index is 12.1. The van der Waals surface area contributed by atoms with E-state index in [0.29, 0.717) is 22.6 Å². The van der Waals surface area contributed by atoms with E-state index < -0.39 is 40.4 Å². The van der Waals surface area contributed by atoms with E-state index in [2.05, 4.69) is 24.3 Å². The Morgan fingerprint density at radius 1 is 0.453 bits per heavy atom. The van der Waals surface area contributed by atoms with E-state index in [0.717, 1.165) is 33.4 Å². The number of fused-ring (bicyclic) bond motifs is 3. The van der Waals surface area contributed by atoms with Crippen LogP contribution in [0.15, 0.2) is 121 Å². The van der Waals surface area contributed by atoms with E-state index in [1.807, 2.05) is 62.4 Å². The molecule has 6 aromatic rings. The molecule has 10 nitrogen and oxygen atoms in total. The number of carboxylic acid groups (broad SMARTS) is 4. The molecule has 1 aliphatic rings. The summed E-state index contributed by atoms with van der Waals surface area (Å²) in [6, 6.07) is 35.5. The maximum absolute atomic E-state index is 12.1. The van der Waals surface area contributed by atoms with Gasteiger partial charge in [-0.3, -0.25) is 0 Å². The molecule has 0 spiro atoms. The molecule has 0 fully saturated rings. The lowest BCUT2D eigenvalue weighted by Gasteiger charge is -2.34. The lowest BCUT2D eigenvalue weighted by Crippen LogP contribution is -2.29. The number of hydrogen-bond acceptors (Lipinski definition) is 6. The van der Waals surface area contributed by atoms with Gasteiger partial charge in [-0.2, -0.15) is 0 Å². The van der Waals surface area contributed by atoms with Crippen molar-refractivity contribution in [2.45, 2.75) is 19.3 Å². The van der Waals surface area contributed by atoms with Gasteiger partial charge in [0.05, 0.1) is 16.5 Å². The molecule has 6 aromatic carbocycles. The molecule has 0 atom stereocenters. The summed E-state index contributed by atoms with van der Waals surface area (Å²) in [5, 5.41) is 39.0. The molecular formula is C43H30O10. The van der Waals surface area contributed by atoms with Gasteiger partial charge in [0.1, 0.15) is 34.1 Å². The molecule has 10 heteroatoms. The molecule has 53 heavy (non-hydrogen) atoms. The van der Waals surface area contributed by atoms with Crippen LogP contribution in [0.25, 0.3) is 11.1 Å². The fraction of sp³-hybridized carbons (Fsp3) is 0.0698. The second-order valence-electron chi connectivity index (χ2n) is 12.6. The molecule has 0 saturated carbocycles. The Balaban J connectivity index is 1.38. The van der Waals surface area contributed by atoms with Gasteiger partial charge in [0.25, 0.3) is 0 Å². The molecule has 0 heterocycles. The van der Waals surface area contributed by atoms with E-state index in [1.165, 1.54) is 36.4 Å². The van der Waals surface area contributed by atoms with Crippen LogP contribution in [-0.2, 0) is 5.41 Å². The van der Waals surface area contributed by atoms with Gasteiger partial charge in [-0.25, -0.2) is 19.2 Å². The molecule has 0 radical (unpaired) electrons. The number of rotatable bonds is 10. The fourth-order valence-corrected chi connectivity index (χ4v) is 7.29. The summed E-state index contributed by atoms with van der Waals surface area (Å²) >= 11 is 0. The maximum Gasteiger partial charge on any atom is 0.340 e. The zero-order valence-corrected chi connectivity index (χ0v) is 28.3. The Bertz CT molecular complexity index is 2340. The number of carboxylic acids is 4.